The molecule has 0 fully saturated rings. The largest absolute Gasteiger partial charge is 0.416 e. The molecule has 0 saturated heterocycles. The van der Waals surface area contributed by atoms with Crippen LogP contribution < -0.4 is 5.32 Å². The molecule has 18 heavy (non-hydrogen) atoms. The summed E-state index contributed by atoms with van der Waals surface area (Å²) in [5.41, 5.74) is -0.746. The number of halogens is 4. The highest BCUT2D eigenvalue weighted by molar-refractivity contribution is 6.33. The van der Waals surface area contributed by atoms with Gasteiger partial charge < -0.3 is 10.1 Å². The first kappa shape index (κ1) is 14.8. The monoisotopic (exact) mass is 281 g/mol. The molecule has 1 rings (SSSR count). The summed E-state index contributed by atoms with van der Waals surface area (Å²) in [4.78, 5) is 11.3. The van der Waals surface area contributed by atoms with Crippen LogP contribution in [-0.2, 0) is 15.7 Å². The summed E-state index contributed by atoms with van der Waals surface area (Å²) in [5.74, 6) is -0.474. The summed E-state index contributed by atoms with van der Waals surface area (Å²) in [6.45, 7) is 1.92. The molecule has 0 aromatic heterocycles. The highest BCUT2D eigenvalue weighted by atomic mass is 35.5. The first-order valence-electron chi connectivity index (χ1n) is 5.09. The van der Waals surface area contributed by atoms with Crippen LogP contribution in [0.1, 0.15) is 12.5 Å². The average Bonchev–Trinajstić information content (AvgIpc) is 2.27. The predicted octanol–water partition coefficient (Wildman–Crippen LogP) is 3.33. The van der Waals surface area contributed by atoms with Gasteiger partial charge in [0.05, 0.1) is 16.3 Å². The summed E-state index contributed by atoms with van der Waals surface area (Å²) < 4.78 is 41.9. The molecule has 1 aromatic carbocycles. The normalized spacial score (nSPS) is 11.4. The second-order valence-corrected chi connectivity index (χ2v) is 3.78. The van der Waals surface area contributed by atoms with Crippen molar-refractivity contribution in [3.8, 4) is 0 Å². The molecule has 0 spiro atoms. The van der Waals surface area contributed by atoms with Gasteiger partial charge in [-0.1, -0.05) is 11.6 Å². The van der Waals surface area contributed by atoms with Crippen molar-refractivity contribution < 1.29 is 22.7 Å². The molecule has 0 aliphatic rings. The number of nitrogens with one attached hydrogen (secondary N) is 1. The highest BCUT2D eigenvalue weighted by Crippen LogP contribution is 2.33. The van der Waals surface area contributed by atoms with Gasteiger partial charge in [-0.15, -0.1) is 0 Å². The molecule has 0 saturated carbocycles. The predicted molar refractivity (Wildman–Crippen MR) is 61.6 cm³/mol. The first-order chi connectivity index (χ1) is 8.34. The van der Waals surface area contributed by atoms with Crippen molar-refractivity contribution in [1.29, 1.82) is 0 Å². The van der Waals surface area contributed by atoms with Crippen LogP contribution in [0.15, 0.2) is 18.2 Å². The lowest BCUT2D eigenvalue weighted by Gasteiger charge is -2.11. The molecular formula is C11H11ClF3NO2. The van der Waals surface area contributed by atoms with Crippen molar-refractivity contribution in [1.82, 2.24) is 0 Å². The van der Waals surface area contributed by atoms with E-state index in [-0.39, 0.29) is 17.3 Å². The van der Waals surface area contributed by atoms with Crippen LogP contribution in [0, 0.1) is 0 Å². The van der Waals surface area contributed by atoms with Crippen LogP contribution in [0.5, 0.6) is 0 Å². The summed E-state index contributed by atoms with van der Waals surface area (Å²) in [6.07, 6.45) is -4.46. The molecule has 1 aromatic rings. The van der Waals surface area contributed by atoms with Gasteiger partial charge in [-0.2, -0.15) is 13.2 Å². The Balaban J connectivity index is 2.77. The Kier molecular flexibility index (Phi) is 4.98. The van der Waals surface area contributed by atoms with Crippen LogP contribution in [0.3, 0.4) is 0 Å². The minimum atomic E-state index is -4.46. The number of anilines is 1. The van der Waals surface area contributed by atoms with Crippen molar-refractivity contribution in [3.63, 3.8) is 0 Å². The van der Waals surface area contributed by atoms with Crippen molar-refractivity contribution in [2.24, 2.45) is 0 Å². The third-order valence-electron chi connectivity index (χ3n) is 2.01. The Morgan fingerprint density at radius 2 is 2.11 bits per heavy atom. The smallest absolute Gasteiger partial charge is 0.372 e. The minimum Gasteiger partial charge on any atom is -0.372 e. The number of hydrogen-bond donors (Lipinski definition) is 1. The number of ether oxygens (including phenoxy) is 1. The van der Waals surface area contributed by atoms with Gasteiger partial charge >= 0.3 is 6.18 Å². The molecule has 1 N–H and O–H groups in total. The molecule has 0 aliphatic carbocycles. The third-order valence-corrected chi connectivity index (χ3v) is 2.32. The Morgan fingerprint density at radius 3 is 2.61 bits per heavy atom. The van der Waals surface area contributed by atoms with E-state index < -0.39 is 17.6 Å². The van der Waals surface area contributed by atoms with E-state index in [0.717, 1.165) is 18.2 Å². The summed E-state index contributed by atoms with van der Waals surface area (Å²) in [6, 6.07) is 2.72. The molecule has 7 heteroatoms. The fourth-order valence-corrected chi connectivity index (χ4v) is 1.40. The summed E-state index contributed by atoms with van der Waals surface area (Å²) >= 11 is 5.66. The topological polar surface area (TPSA) is 38.3 Å². The van der Waals surface area contributed by atoms with E-state index in [1.54, 1.807) is 6.92 Å². The Labute approximate surface area is 107 Å². The number of alkyl halides is 3. The lowest BCUT2D eigenvalue weighted by molar-refractivity contribution is -0.137. The Morgan fingerprint density at radius 1 is 1.44 bits per heavy atom. The van der Waals surface area contributed by atoms with Crippen molar-refractivity contribution in [3.05, 3.63) is 28.8 Å². The van der Waals surface area contributed by atoms with Crippen LogP contribution in [0.4, 0.5) is 18.9 Å². The minimum absolute atomic E-state index is 0.120. The van der Waals surface area contributed by atoms with E-state index in [9.17, 15) is 18.0 Å². The molecule has 0 unspecified atom stereocenters. The average molecular weight is 282 g/mol. The second kappa shape index (κ2) is 6.06. The van der Waals surface area contributed by atoms with Crippen molar-refractivity contribution in [2.75, 3.05) is 18.5 Å². The molecular weight excluding hydrogens is 271 g/mol. The van der Waals surface area contributed by atoms with Gasteiger partial charge in [0.25, 0.3) is 0 Å². The van der Waals surface area contributed by atoms with E-state index >= 15 is 0 Å². The molecule has 0 atom stereocenters. The van der Waals surface area contributed by atoms with Crippen LogP contribution in [-0.4, -0.2) is 19.1 Å². The quantitative estimate of drug-likeness (QED) is 0.919. The maximum atomic E-state index is 12.4. The molecule has 1 amide bonds. The zero-order chi connectivity index (χ0) is 13.8. The SMILES string of the molecule is CCOCC(=O)Nc1ccc(C(F)(F)F)cc1Cl. The number of carbonyl (C=O) groups is 1. The van der Waals surface area contributed by atoms with E-state index in [1.165, 1.54) is 0 Å². The fourth-order valence-electron chi connectivity index (χ4n) is 1.17. The second-order valence-electron chi connectivity index (χ2n) is 3.38. The lowest BCUT2D eigenvalue weighted by Crippen LogP contribution is -2.18. The van der Waals surface area contributed by atoms with Gasteiger partial charge in [-0.25, -0.2) is 0 Å². The van der Waals surface area contributed by atoms with Gasteiger partial charge in [-0.3, -0.25) is 4.79 Å². The zero-order valence-electron chi connectivity index (χ0n) is 9.47. The number of carbonyl (C=O) groups excluding carboxylic acids is 1. The molecule has 100 valence electrons. The fraction of sp³-hybridized carbons (Fsp3) is 0.364. The zero-order valence-corrected chi connectivity index (χ0v) is 10.2. The van der Waals surface area contributed by atoms with Gasteiger partial charge in [0, 0.05) is 6.61 Å². The molecule has 0 radical (unpaired) electrons. The van der Waals surface area contributed by atoms with Crippen LogP contribution in [0.25, 0.3) is 0 Å². The maximum absolute atomic E-state index is 12.4. The molecule has 0 heterocycles. The number of rotatable bonds is 4. The summed E-state index contributed by atoms with van der Waals surface area (Å²) in [5, 5.41) is 2.19. The van der Waals surface area contributed by atoms with Gasteiger partial charge in [0.2, 0.25) is 5.91 Å². The number of hydrogen-bond acceptors (Lipinski definition) is 2. The number of benzene rings is 1. The maximum Gasteiger partial charge on any atom is 0.416 e. The van der Waals surface area contributed by atoms with Gasteiger partial charge in [0.15, 0.2) is 0 Å². The van der Waals surface area contributed by atoms with E-state index in [1.807, 2.05) is 0 Å². The van der Waals surface area contributed by atoms with Gasteiger partial charge in [0.1, 0.15) is 6.61 Å². The van der Waals surface area contributed by atoms with Crippen LogP contribution in [0.2, 0.25) is 5.02 Å². The van der Waals surface area contributed by atoms with Crippen LogP contribution >= 0.6 is 11.6 Å². The summed E-state index contributed by atoms with van der Waals surface area (Å²) in [7, 11) is 0. The van der Waals surface area contributed by atoms with E-state index in [4.69, 9.17) is 16.3 Å². The lowest BCUT2D eigenvalue weighted by atomic mass is 10.2. The van der Waals surface area contributed by atoms with Crippen molar-refractivity contribution >= 4 is 23.2 Å². The van der Waals surface area contributed by atoms with E-state index in [2.05, 4.69) is 5.32 Å². The standard InChI is InChI=1S/C11H11ClF3NO2/c1-2-18-6-10(17)16-9-4-3-7(5-8(9)12)11(13,14)15/h3-5H,2,6H2,1H3,(H,16,17). The molecule has 0 aliphatic heterocycles. The van der Waals surface area contributed by atoms with E-state index in [0.29, 0.717) is 6.61 Å². The van der Waals surface area contributed by atoms with Crippen molar-refractivity contribution in [2.45, 2.75) is 13.1 Å². The third kappa shape index (κ3) is 4.19. The highest BCUT2D eigenvalue weighted by Gasteiger charge is 2.30. The van der Waals surface area contributed by atoms with Gasteiger partial charge in [-0.05, 0) is 25.1 Å². The first-order valence-corrected chi connectivity index (χ1v) is 5.46. The Bertz CT molecular complexity index is 435. The Hall–Kier alpha value is -1.27. The number of amides is 1. The molecule has 3 nitrogen and oxygen atoms in total. The molecule has 0 bridgehead atoms.